The molecule has 2 N–H and O–H groups in total. The van der Waals surface area contributed by atoms with Crippen molar-refractivity contribution in [2.75, 3.05) is 17.7 Å². The van der Waals surface area contributed by atoms with Crippen molar-refractivity contribution in [1.29, 1.82) is 0 Å². The van der Waals surface area contributed by atoms with Crippen LogP contribution in [0.1, 0.15) is 11.1 Å². The third-order valence-electron chi connectivity index (χ3n) is 3.61. The van der Waals surface area contributed by atoms with E-state index in [1.165, 1.54) is 0 Å². The van der Waals surface area contributed by atoms with Gasteiger partial charge in [-0.1, -0.05) is 48.0 Å². The lowest BCUT2D eigenvalue weighted by atomic mass is 10.2. The summed E-state index contributed by atoms with van der Waals surface area (Å²) in [4.78, 5) is 4.41. The largest absolute Gasteiger partial charge is 0.496 e. The van der Waals surface area contributed by atoms with Crippen molar-refractivity contribution >= 4 is 23.4 Å². The Hall–Kier alpha value is -2.86. The average molecular weight is 356 g/mol. The molecule has 0 fully saturated rings. The number of ether oxygens (including phenoxy) is 1. The van der Waals surface area contributed by atoms with Crippen LogP contribution in [0.25, 0.3) is 0 Å². The summed E-state index contributed by atoms with van der Waals surface area (Å²) in [6, 6.07) is 15.5. The molecule has 3 aromatic rings. The molecule has 0 saturated heterocycles. The number of methoxy groups -OCH3 is 1. The fourth-order valence-electron chi connectivity index (χ4n) is 2.31. The van der Waals surface area contributed by atoms with Crippen LogP contribution in [-0.4, -0.2) is 22.3 Å². The molecule has 0 aliphatic carbocycles. The first kappa shape index (κ1) is 17.0. The molecular weight excluding hydrogens is 338 g/mol. The Morgan fingerprint density at radius 3 is 2.48 bits per heavy atom. The molecular formula is C18H18ClN5O. The Bertz CT molecular complexity index is 843. The van der Waals surface area contributed by atoms with Gasteiger partial charge < -0.3 is 15.4 Å². The summed E-state index contributed by atoms with van der Waals surface area (Å²) in [5.74, 6) is 1.88. The van der Waals surface area contributed by atoms with Gasteiger partial charge in [-0.15, -0.1) is 5.10 Å². The van der Waals surface area contributed by atoms with Crippen molar-refractivity contribution in [3.05, 3.63) is 70.9 Å². The monoisotopic (exact) mass is 355 g/mol. The molecule has 0 saturated carbocycles. The number of para-hydroxylation sites is 1. The van der Waals surface area contributed by atoms with Gasteiger partial charge in [0, 0.05) is 23.7 Å². The third kappa shape index (κ3) is 4.58. The van der Waals surface area contributed by atoms with Gasteiger partial charge >= 0.3 is 0 Å². The van der Waals surface area contributed by atoms with Gasteiger partial charge in [-0.25, -0.2) is 0 Å². The number of hydrogen-bond donors (Lipinski definition) is 2. The van der Waals surface area contributed by atoms with Gasteiger partial charge in [0.05, 0.1) is 13.3 Å². The van der Waals surface area contributed by atoms with E-state index in [1.54, 1.807) is 13.3 Å². The maximum atomic E-state index is 6.16. The van der Waals surface area contributed by atoms with E-state index < -0.39 is 0 Å². The lowest BCUT2D eigenvalue weighted by Gasteiger charge is -2.10. The van der Waals surface area contributed by atoms with Crippen molar-refractivity contribution in [2.45, 2.75) is 13.1 Å². The normalized spacial score (nSPS) is 10.3. The highest BCUT2D eigenvalue weighted by atomic mass is 35.5. The number of anilines is 2. The first-order chi connectivity index (χ1) is 12.3. The summed E-state index contributed by atoms with van der Waals surface area (Å²) in [6.07, 6.45) is 1.57. The van der Waals surface area contributed by atoms with Crippen LogP contribution >= 0.6 is 11.6 Å². The molecule has 0 aliphatic heterocycles. The predicted octanol–water partition coefficient (Wildman–Crippen LogP) is 3.76. The number of nitrogens with zero attached hydrogens (tertiary/aromatic N) is 3. The van der Waals surface area contributed by atoms with E-state index in [2.05, 4.69) is 25.8 Å². The minimum Gasteiger partial charge on any atom is -0.496 e. The first-order valence-corrected chi connectivity index (χ1v) is 8.17. The Labute approximate surface area is 151 Å². The molecule has 7 heteroatoms. The van der Waals surface area contributed by atoms with E-state index in [0.29, 0.717) is 29.9 Å². The number of aromatic nitrogens is 3. The van der Waals surface area contributed by atoms with Gasteiger partial charge in [0.1, 0.15) is 5.75 Å². The Morgan fingerprint density at radius 1 is 0.960 bits per heavy atom. The maximum Gasteiger partial charge on any atom is 0.244 e. The molecule has 0 bridgehead atoms. The number of benzene rings is 2. The lowest BCUT2D eigenvalue weighted by Crippen LogP contribution is -2.08. The summed E-state index contributed by atoms with van der Waals surface area (Å²) < 4.78 is 5.33. The van der Waals surface area contributed by atoms with E-state index in [1.807, 2.05) is 48.5 Å². The minimum atomic E-state index is 0.440. The van der Waals surface area contributed by atoms with Crippen LogP contribution < -0.4 is 15.4 Å². The molecule has 1 aromatic heterocycles. The summed E-state index contributed by atoms with van der Waals surface area (Å²) in [7, 11) is 1.65. The van der Waals surface area contributed by atoms with Crippen LogP contribution in [0.5, 0.6) is 5.75 Å². The minimum absolute atomic E-state index is 0.440. The second kappa shape index (κ2) is 8.30. The van der Waals surface area contributed by atoms with Crippen molar-refractivity contribution in [3.63, 3.8) is 0 Å². The van der Waals surface area contributed by atoms with Gasteiger partial charge in [-0.2, -0.15) is 10.1 Å². The van der Waals surface area contributed by atoms with Crippen LogP contribution in [0.4, 0.5) is 11.8 Å². The van der Waals surface area contributed by atoms with Crippen LogP contribution in [0.2, 0.25) is 5.02 Å². The van der Waals surface area contributed by atoms with E-state index in [9.17, 15) is 0 Å². The van der Waals surface area contributed by atoms with Crippen LogP contribution in [-0.2, 0) is 13.1 Å². The average Bonchev–Trinajstić information content (AvgIpc) is 2.66. The summed E-state index contributed by atoms with van der Waals surface area (Å²) >= 11 is 6.16. The molecule has 25 heavy (non-hydrogen) atoms. The summed E-state index contributed by atoms with van der Waals surface area (Å²) in [5.41, 5.74) is 2.01. The molecule has 0 radical (unpaired) electrons. The molecule has 0 spiro atoms. The fraction of sp³-hybridized carbons (Fsp3) is 0.167. The van der Waals surface area contributed by atoms with E-state index >= 15 is 0 Å². The number of halogens is 1. The SMILES string of the molecule is COc1ccccc1CNc1nncc(NCc2ccccc2Cl)n1. The summed E-state index contributed by atoms with van der Waals surface area (Å²) in [6.45, 7) is 1.10. The summed E-state index contributed by atoms with van der Waals surface area (Å²) in [5, 5.41) is 15.0. The highest BCUT2D eigenvalue weighted by Gasteiger charge is 2.05. The second-order valence-electron chi connectivity index (χ2n) is 5.28. The van der Waals surface area contributed by atoms with Crippen molar-refractivity contribution < 1.29 is 4.74 Å². The Morgan fingerprint density at radius 2 is 1.68 bits per heavy atom. The smallest absolute Gasteiger partial charge is 0.244 e. The molecule has 0 aliphatic rings. The van der Waals surface area contributed by atoms with Crippen molar-refractivity contribution in [1.82, 2.24) is 15.2 Å². The highest BCUT2D eigenvalue weighted by molar-refractivity contribution is 6.31. The van der Waals surface area contributed by atoms with Crippen LogP contribution in [0.3, 0.4) is 0 Å². The molecule has 3 rings (SSSR count). The van der Waals surface area contributed by atoms with Crippen molar-refractivity contribution in [3.8, 4) is 5.75 Å². The van der Waals surface area contributed by atoms with Gasteiger partial charge in [-0.05, 0) is 17.7 Å². The third-order valence-corrected chi connectivity index (χ3v) is 3.97. The Kier molecular flexibility index (Phi) is 5.64. The highest BCUT2D eigenvalue weighted by Crippen LogP contribution is 2.19. The van der Waals surface area contributed by atoms with E-state index in [-0.39, 0.29) is 0 Å². The van der Waals surface area contributed by atoms with Gasteiger partial charge in [0.25, 0.3) is 0 Å². The molecule has 1 heterocycles. The molecule has 2 aromatic carbocycles. The maximum absolute atomic E-state index is 6.16. The van der Waals surface area contributed by atoms with Gasteiger partial charge in [0.2, 0.25) is 5.95 Å². The first-order valence-electron chi connectivity index (χ1n) is 7.79. The number of hydrogen-bond acceptors (Lipinski definition) is 6. The molecule has 0 unspecified atom stereocenters. The van der Waals surface area contributed by atoms with E-state index in [4.69, 9.17) is 16.3 Å². The fourth-order valence-corrected chi connectivity index (χ4v) is 2.52. The molecule has 6 nitrogen and oxygen atoms in total. The van der Waals surface area contributed by atoms with Crippen LogP contribution in [0.15, 0.2) is 54.7 Å². The molecule has 0 amide bonds. The zero-order valence-electron chi connectivity index (χ0n) is 13.7. The number of rotatable bonds is 7. The number of nitrogens with one attached hydrogen (secondary N) is 2. The lowest BCUT2D eigenvalue weighted by molar-refractivity contribution is 0.410. The van der Waals surface area contributed by atoms with E-state index in [0.717, 1.165) is 16.9 Å². The quantitative estimate of drug-likeness (QED) is 0.672. The van der Waals surface area contributed by atoms with Crippen LogP contribution in [0, 0.1) is 0 Å². The standard InChI is InChI=1S/C18H18ClN5O/c1-25-16-9-5-3-7-14(16)11-21-18-23-17(12-22-24-18)20-10-13-6-2-4-8-15(13)19/h2-9,12H,10-11H2,1H3,(H2,20,21,23,24). The zero-order chi connectivity index (χ0) is 17.5. The van der Waals surface area contributed by atoms with Gasteiger partial charge in [-0.3, -0.25) is 0 Å². The van der Waals surface area contributed by atoms with Crippen molar-refractivity contribution in [2.24, 2.45) is 0 Å². The molecule has 0 atom stereocenters. The predicted molar refractivity (Wildman–Crippen MR) is 98.9 cm³/mol. The second-order valence-corrected chi connectivity index (χ2v) is 5.68. The zero-order valence-corrected chi connectivity index (χ0v) is 14.5. The Balaban J connectivity index is 1.62. The topological polar surface area (TPSA) is 72.0 Å². The molecule has 128 valence electrons. The van der Waals surface area contributed by atoms with Gasteiger partial charge in [0.15, 0.2) is 5.82 Å².